The Morgan fingerprint density at radius 3 is 2.83 bits per heavy atom. The Balaban J connectivity index is 2.38. The molecular weight excluding hydrogens is 234 g/mol. The van der Waals surface area contributed by atoms with E-state index < -0.39 is 12.0 Å². The summed E-state index contributed by atoms with van der Waals surface area (Å²) in [6.07, 6.45) is 0.0136. The van der Waals surface area contributed by atoms with E-state index in [1.165, 1.54) is 0 Å². The second-order valence-corrected chi connectivity index (χ2v) is 4.03. The lowest BCUT2D eigenvalue weighted by atomic mass is 10.1. The second kappa shape index (κ2) is 6.70. The van der Waals surface area contributed by atoms with E-state index in [9.17, 15) is 9.59 Å². The number of nitrogens with zero attached hydrogens (tertiary/aromatic N) is 1. The molecular formula is C12H17N3O3. The molecule has 1 atom stereocenters. The van der Waals surface area contributed by atoms with Crippen molar-refractivity contribution in [3.05, 3.63) is 29.6 Å². The third-order valence-corrected chi connectivity index (χ3v) is 2.40. The molecule has 0 aliphatic rings. The fourth-order valence-corrected chi connectivity index (χ4v) is 1.42. The number of rotatable bonds is 6. The summed E-state index contributed by atoms with van der Waals surface area (Å²) < 4.78 is 0. The van der Waals surface area contributed by atoms with Crippen LogP contribution in [0.15, 0.2) is 18.2 Å². The monoisotopic (exact) mass is 251 g/mol. The minimum atomic E-state index is -0.960. The summed E-state index contributed by atoms with van der Waals surface area (Å²) in [5.41, 5.74) is 7.18. The van der Waals surface area contributed by atoms with Gasteiger partial charge in [0.15, 0.2) is 0 Å². The van der Waals surface area contributed by atoms with Gasteiger partial charge < -0.3 is 16.2 Å². The molecule has 6 nitrogen and oxygen atoms in total. The van der Waals surface area contributed by atoms with Gasteiger partial charge in [-0.15, -0.1) is 0 Å². The molecule has 0 radical (unpaired) electrons. The van der Waals surface area contributed by atoms with Gasteiger partial charge >= 0.3 is 5.97 Å². The number of pyridine rings is 1. The van der Waals surface area contributed by atoms with E-state index in [-0.39, 0.29) is 18.7 Å². The Labute approximate surface area is 105 Å². The standard InChI is InChI=1S/C12H17N3O3/c1-8-3-2-4-9(15-8)7-14-12(18)10(13)5-6-11(16)17/h2-4,10H,5-7,13H2,1H3,(H,14,18)(H,16,17). The topological polar surface area (TPSA) is 105 Å². The SMILES string of the molecule is Cc1cccc(CNC(=O)C(N)CCC(=O)O)n1. The van der Waals surface area contributed by atoms with Gasteiger partial charge in [-0.1, -0.05) is 6.07 Å². The van der Waals surface area contributed by atoms with Gasteiger partial charge in [-0.05, 0) is 25.5 Å². The number of amides is 1. The number of aliphatic carboxylic acids is 1. The van der Waals surface area contributed by atoms with Crippen LogP contribution in [-0.4, -0.2) is 28.0 Å². The number of carboxylic acids is 1. The zero-order chi connectivity index (χ0) is 13.5. The summed E-state index contributed by atoms with van der Waals surface area (Å²) in [5, 5.41) is 11.1. The van der Waals surface area contributed by atoms with Crippen molar-refractivity contribution in [2.45, 2.75) is 32.4 Å². The molecule has 1 heterocycles. The molecule has 1 aromatic rings. The summed E-state index contributed by atoms with van der Waals surface area (Å²) in [6.45, 7) is 2.16. The van der Waals surface area contributed by atoms with Gasteiger partial charge in [-0.2, -0.15) is 0 Å². The van der Waals surface area contributed by atoms with Crippen molar-refractivity contribution in [1.29, 1.82) is 0 Å². The lowest BCUT2D eigenvalue weighted by Gasteiger charge is -2.11. The van der Waals surface area contributed by atoms with Crippen LogP contribution in [-0.2, 0) is 16.1 Å². The highest BCUT2D eigenvalue weighted by Gasteiger charge is 2.14. The van der Waals surface area contributed by atoms with E-state index in [2.05, 4.69) is 10.3 Å². The van der Waals surface area contributed by atoms with Crippen LogP contribution < -0.4 is 11.1 Å². The highest BCUT2D eigenvalue weighted by atomic mass is 16.4. The minimum Gasteiger partial charge on any atom is -0.481 e. The number of hydrogen-bond acceptors (Lipinski definition) is 4. The van der Waals surface area contributed by atoms with Crippen LogP contribution in [0, 0.1) is 6.92 Å². The van der Waals surface area contributed by atoms with Gasteiger partial charge in [0.25, 0.3) is 0 Å². The molecule has 1 aromatic heterocycles. The Morgan fingerprint density at radius 1 is 1.50 bits per heavy atom. The molecule has 0 bridgehead atoms. The average Bonchev–Trinajstić information content (AvgIpc) is 2.33. The van der Waals surface area contributed by atoms with Crippen LogP contribution in [0.4, 0.5) is 0 Å². The molecule has 6 heteroatoms. The first-order valence-electron chi connectivity index (χ1n) is 5.66. The van der Waals surface area contributed by atoms with Crippen molar-refractivity contribution < 1.29 is 14.7 Å². The van der Waals surface area contributed by atoms with Crippen molar-refractivity contribution >= 4 is 11.9 Å². The molecule has 18 heavy (non-hydrogen) atoms. The molecule has 0 saturated heterocycles. The van der Waals surface area contributed by atoms with Crippen molar-refractivity contribution in [1.82, 2.24) is 10.3 Å². The lowest BCUT2D eigenvalue weighted by Crippen LogP contribution is -2.40. The van der Waals surface area contributed by atoms with Crippen molar-refractivity contribution in [2.24, 2.45) is 5.73 Å². The van der Waals surface area contributed by atoms with Gasteiger partial charge in [-0.25, -0.2) is 0 Å². The van der Waals surface area contributed by atoms with E-state index in [0.717, 1.165) is 11.4 Å². The molecule has 0 aliphatic heterocycles. The summed E-state index contributed by atoms with van der Waals surface area (Å²) in [5.74, 6) is -1.32. The lowest BCUT2D eigenvalue weighted by molar-refractivity contribution is -0.137. The van der Waals surface area contributed by atoms with Crippen LogP contribution in [0.3, 0.4) is 0 Å². The molecule has 0 spiro atoms. The maximum Gasteiger partial charge on any atom is 0.303 e. The number of carbonyl (C=O) groups excluding carboxylic acids is 1. The van der Waals surface area contributed by atoms with Crippen LogP contribution in [0.2, 0.25) is 0 Å². The highest BCUT2D eigenvalue weighted by Crippen LogP contribution is 1.99. The van der Waals surface area contributed by atoms with Gasteiger partial charge in [0.1, 0.15) is 0 Å². The van der Waals surface area contributed by atoms with Crippen LogP contribution in [0.25, 0.3) is 0 Å². The predicted octanol–water partition coefficient (Wildman–Crippen LogP) is 0.198. The van der Waals surface area contributed by atoms with Crippen molar-refractivity contribution in [2.75, 3.05) is 0 Å². The Hall–Kier alpha value is -1.95. The third-order valence-electron chi connectivity index (χ3n) is 2.40. The molecule has 1 amide bonds. The van der Waals surface area contributed by atoms with Gasteiger partial charge in [0.2, 0.25) is 5.91 Å². The first kappa shape index (κ1) is 14.1. The van der Waals surface area contributed by atoms with Gasteiger partial charge in [0, 0.05) is 12.1 Å². The molecule has 0 saturated carbocycles. The molecule has 1 unspecified atom stereocenters. The summed E-state index contributed by atoms with van der Waals surface area (Å²) in [6, 6.07) is 4.72. The van der Waals surface area contributed by atoms with E-state index in [1.807, 2.05) is 19.1 Å². The Kier molecular flexibility index (Phi) is 5.26. The molecule has 0 aliphatic carbocycles. The summed E-state index contributed by atoms with van der Waals surface area (Å²) in [7, 11) is 0. The first-order valence-corrected chi connectivity index (χ1v) is 5.66. The van der Waals surface area contributed by atoms with Crippen molar-refractivity contribution in [3.63, 3.8) is 0 Å². The van der Waals surface area contributed by atoms with E-state index >= 15 is 0 Å². The number of nitrogens with one attached hydrogen (secondary N) is 1. The molecule has 0 aromatic carbocycles. The quantitative estimate of drug-likeness (QED) is 0.669. The number of carboxylic acid groups (broad SMARTS) is 1. The number of carbonyl (C=O) groups is 2. The molecule has 4 N–H and O–H groups in total. The fourth-order valence-electron chi connectivity index (χ4n) is 1.42. The van der Waals surface area contributed by atoms with Crippen molar-refractivity contribution in [3.8, 4) is 0 Å². The number of aromatic nitrogens is 1. The minimum absolute atomic E-state index is 0.114. The highest BCUT2D eigenvalue weighted by molar-refractivity contribution is 5.82. The Morgan fingerprint density at radius 2 is 2.22 bits per heavy atom. The third kappa shape index (κ3) is 4.92. The second-order valence-electron chi connectivity index (χ2n) is 4.03. The summed E-state index contributed by atoms with van der Waals surface area (Å²) >= 11 is 0. The molecule has 0 fully saturated rings. The number of aryl methyl sites for hydroxylation is 1. The van der Waals surface area contributed by atoms with Crippen LogP contribution in [0.5, 0.6) is 0 Å². The normalized spacial score (nSPS) is 11.9. The zero-order valence-electron chi connectivity index (χ0n) is 10.2. The molecule has 1 rings (SSSR count). The zero-order valence-corrected chi connectivity index (χ0v) is 10.2. The van der Waals surface area contributed by atoms with E-state index in [0.29, 0.717) is 6.54 Å². The Bertz CT molecular complexity index is 434. The van der Waals surface area contributed by atoms with Gasteiger partial charge in [-0.3, -0.25) is 14.6 Å². The number of nitrogens with two attached hydrogens (primary N) is 1. The van der Waals surface area contributed by atoms with Crippen LogP contribution >= 0.6 is 0 Å². The maximum absolute atomic E-state index is 11.6. The predicted molar refractivity (Wildman–Crippen MR) is 65.7 cm³/mol. The van der Waals surface area contributed by atoms with Gasteiger partial charge in [0.05, 0.1) is 18.3 Å². The smallest absolute Gasteiger partial charge is 0.303 e. The average molecular weight is 251 g/mol. The largest absolute Gasteiger partial charge is 0.481 e. The summed E-state index contributed by atoms with van der Waals surface area (Å²) in [4.78, 5) is 26.1. The number of hydrogen-bond donors (Lipinski definition) is 3. The first-order chi connectivity index (χ1) is 8.49. The fraction of sp³-hybridized carbons (Fsp3) is 0.417. The van der Waals surface area contributed by atoms with E-state index in [4.69, 9.17) is 10.8 Å². The maximum atomic E-state index is 11.6. The molecule has 98 valence electrons. The van der Waals surface area contributed by atoms with E-state index in [1.54, 1.807) is 6.07 Å². The van der Waals surface area contributed by atoms with Crippen LogP contribution in [0.1, 0.15) is 24.2 Å².